The van der Waals surface area contributed by atoms with Crippen LogP contribution in [0.25, 0.3) is 16.7 Å². The summed E-state index contributed by atoms with van der Waals surface area (Å²) in [5, 5.41) is 10.0. The first-order chi connectivity index (χ1) is 21.8. The molecule has 4 aromatic rings. The van der Waals surface area contributed by atoms with Gasteiger partial charge in [0.1, 0.15) is 34.5 Å². The summed E-state index contributed by atoms with van der Waals surface area (Å²) in [6.45, 7) is 7.52. The van der Waals surface area contributed by atoms with Crippen LogP contribution in [0.2, 0.25) is 0 Å². The number of nitrogen functional groups attached to an aromatic ring is 1. The molecule has 0 radical (unpaired) electrons. The number of piperidine rings is 1. The van der Waals surface area contributed by atoms with Crippen LogP contribution < -0.4 is 16.2 Å². The molecule has 4 heterocycles. The van der Waals surface area contributed by atoms with Gasteiger partial charge in [0.25, 0.3) is 5.91 Å². The Labute approximate surface area is 261 Å². The lowest BCUT2D eigenvalue weighted by molar-refractivity contribution is -0.128. The van der Waals surface area contributed by atoms with Crippen molar-refractivity contribution in [3.63, 3.8) is 0 Å². The molecule has 0 saturated carbocycles. The summed E-state index contributed by atoms with van der Waals surface area (Å²) in [6, 6.07) is 20.3. The van der Waals surface area contributed by atoms with E-state index in [4.69, 9.17) is 15.2 Å². The molecule has 2 aromatic heterocycles. The Morgan fingerprint density at radius 2 is 1.78 bits per heavy atom. The minimum absolute atomic E-state index is 0.105. The van der Waals surface area contributed by atoms with Crippen molar-refractivity contribution in [2.24, 2.45) is 0 Å². The SMILES string of the molecule is CC(C)(/C=C(/C#N)C(=O)N1CCC[C@@H](n2c(=O)n(-c3ccc(Oc4ccccc4)cc3)c3c(N)nccc32)C1)N1CCOCC1. The molecule has 2 saturated heterocycles. The van der Waals surface area contributed by atoms with Gasteiger partial charge in [-0.2, -0.15) is 5.26 Å². The highest BCUT2D eigenvalue weighted by atomic mass is 16.5. The van der Waals surface area contributed by atoms with Crippen LogP contribution in [0.5, 0.6) is 11.5 Å². The molecule has 2 aromatic carbocycles. The number of benzene rings is 2. The third-order valence-corrected chi connectivity index (χ3v) is 8.61. The molecule has 11 nitrogen and oxygen atoms in total. The minimum Gasteiger partial charge on any atom is -0.457 e. The zero-order valence-corrected chi connectivity index (χ0v) is 25.6. The first kappa shape index (κ1) is 30.1. The van der Waals surface area contributed by atoms with Crippen molar-refractivity contribution in [3.8, 4) is 23.3 Å². The van der Waals surface area contributed by atoms with E-state index in [0.717, 1.165) is 13.1 Å². The van der Waals surface area contributed by atoms with Crippen LogP contribution in [0.3, 0.4) is 0 Å². The molecule has 0 aliphatic carbocycles. The average molecular weight is 608 g/mol. The maximum Gasteiger partial charge on any atom is 0.334 e. The Morgan fingerprint density at radius 1 is 1.07 bits per heavy atom. The second-order valence-electron chi connectivity index (χ2n) is 11.9. The topological polar surface area (TPSA) is 132 Å². The summed E-state index contributed by atoms with van der Waals surface area (Å²) < 4.78 is 14.7. The van der Waals surface area contributed by atoms with Gasteiger partial charge < -0.3 is 20.1 Å². The number of rotatable bonds is 7. The standard InChI is InChI=1S/C34H37N7O4/c1-34(2,39-17-19-44-20-18-39)21-24(22-35)32(42)38-16-6-7-26(23-38)40-29-14-15-37-31(36)30(29)41(33(40)43)25-10-12-28(13-11-25)45-27-8-4-3-5-9-27/h3-5,8-15,21,26H,6-7,16-20,23H2,1-2H3,(H2,36,37)/b24-21-/t26-/m1/s1. The lowest BCUT2D eigenvalue weighted by Gasteiger charge is -2.39. The third-order valence-electron chi connectivity index (χ3n) is 8.61. The smallest absolute Gasteiger partial charge is 0.334 e. The molecule has 6 rings (SSSR count). The number of nitrogens with two attached hydrogens (primary N) is 1. The number of aromatic nitrogens is 3. The molecule has 2 aliphatic rings. The number of likely N-dealkylation sites (tertiary alicyclic amines) is 1. The van der Waals surface area contributed by atoms with Gasteiger partial charge in [0, 0.05) is 37.9 Å². The van der Waals surface area contributed by atoms with Gasteiger partial charge in [-0.3, -0.25) is 18.8 Å². The lowest BCUT2D eigenvalue weighted by atomic mass is 9.97. The summed E-state index contributed by atoms with van der Waals surface area (Å²) in [6.07, 6.45) is 4.73. The number of pyridine rings is 1. The van der Waals surface area contributed by atoms with Gasteiger partial charge in [-0.05, 0) is 75.2 Å². The van der Waals surface area contributed by atoms with E-state index < -0.39 is 5.54 Å². The van der Waals surface area contributed by atoms with E-state index in [2.05, 4.69) is 16.0 Å². The lowest BCUT2D eigenvalue weighted by Crippen LogP contribution is -2.49. The van der Waals surface area contributed by atoms with E-state index in [9.17, 15) is 14.9 Å². The molecule has 45 heavy (non-hydrogen) atoms. The van der Waals surface area contributed by atoms with Crippen molar-refractivity contribution in [1.82, 2.24) is 23.9 Å². The van der Waals surface area contributed by atoms with Gasteiger partial charge in [0.2, 0.25) is 0 Å². The molecule has 1 atom stereocenters. The Morgan fingerprint density at radius 3 is 2.49 bits per heavy atom. The molecular formula is C34H37N7O4. The van der Waals surface area contributed by atoms with Gasteiger partial charge in [0.15, 0.2) is 0 Å². The van der Waals surface area contributed by atoms with Crippen molar-refractivity contribution >= 4 is 22.8 Å². The van der Waals surface area contributed by atoms with Crippen molar-refractivity contribution in [3.05, 3.63) is 89.0 Å². The predicted octanol–water partition coefficient (Wildman–Crippen LogP) is 4.29. The zero-order valence-electron chi connectivity index (χ0n) is 25.6. The zero-order chi connectivity index (χ0) is 31.6. The predicted molar refractivity (Wildman–Crippen MR) is 171 cm³/mol. The number of carbonyl (C=O) groups excluding carboxylic acids is 1. The number of anilines is 1. The Hall–Kier alpha value is -4.92. The number of imidazole rings is 1. The van der Waals surface area contributed by atoms with Crippen LogP contribution >= 0.6 is 0 Å². The van der Waals surface area contributed by atoms with Crippen LogP contribution in [-0.4, -0.2) is 74.8 Å². The van der Waals surface area contributed by atoms with E-state index in [1.807, 2.05) is 56.3 Å². The molecule has 11 heteroatoms. The second-order valence-corrected chi connectivity index (χ2v) is 11.9. The number of nitrogens with zero attached hydrogens (tertiary/aromatic N) is 6. The largest absolute Gasteiger partial charge is 0.457 e. The highest BCUT2D eigenvalue weighted by Crippen LogP contribution is 2.30. The number of fused-ring (bicyclic) bond motifs is 1. The van der Waals surface area contributed by atoms with Crippen LogP contribution in [0.1, 0.15) is 32.7 Å². The van der Waals surface area contributed by atoms with Gasteiger partial charge >= 0.3 is 5.69 Å². The molecule has 2 N–H and O–H groups in total. The number of amides is 1. The highest BCUT2D eigenvalue weighted by Gasteiger charge is 2.33. The normalized spacial score (nSPS) is 18.1. The molecule has 2 aliphatic heterocycles. The number of morpholine rings is 1. The molecule has 0 bridgehead atoms. The fourth-order valence-corrected chi connectivity index (χ4v) is 6.32. The summed E-state index contributed by atoms with van der Waals surface area (Å²) in [7, 11) is 0. The monoisotopic (exact) mass is 607 g/mol. The molecule has 2 fully saturated rings. The molecule has 0 unspecified atom stereocenters. The van der Waals surface area contributed by atoms with Crippen LogP contribution in [0.15, 0.2) is 83.3 Å². The number of hydrogen-bond donors (Lipinski definition) is 1. The van der Waals surface area contributed by atoms with Gasteiger partial charge in [-0.1, -0.05) is 18.2 Å². The quantitative estimate of drug-likeness (QED) is 0.243. The van der Waals surface area contributed by atoms with Gasteiger partial charge in [0.05, 0.1) is 30.5 Å². The average Bonchev–Trinajstić information content (AvgIpc) is 3.37. The van der Waals surface area contributed by atoms with E-state index in [0.29, 0.717) is 67.4 Å². The van der Waals surface area contributed by atoms with Crippen LogP contribution in [0, 0.1) is 11.3 Å². The summed E-state index contributed by atoms with van der Waals surface area (Å²) >= 11 is 0. The summed E-state index contributed by atoms with van der Waals surface area (Å²) in [4.78, 5) is 36.1. The van der Waals surface area contributed by atoms with Crippen LogP contribution in [0.4, 0.5) is 5.82 Å². The first-order valence-electron chi connectivity index (χ1n) is 15.2. The van der Waals surface area contributed by atoms with E-state index in [1.54, 1.807) is 44.5 Å². The second kappa shape index (κ2) is 12.6. The maximum absolute atomic E-state index is 14.2. The van der Waals surface area contributed by atoms with Gasteiger partial charge in [-0.15, -0.1) is 0 Å². The first-order valence-corrected chi connectivity index (χ1v) is 15.2. The van der Waals surface area contributed by atoms with E-state index in [-0.39, 0.29) is 29.0 Å². The third kappa shape index (κ3) is 6.07. The fraction of sp³-hybridized carbons (Fsp3) is 0.353. The summed E-state index contributed by atoms with van der Waals surface area (Å²) in [5.41, 5.74) is 7.47. The molecule has 232 valence electrons. The van der Waals surface area contributed by atoms with Crippen molar-refractivity contribution < 1.29 is 14.3 Å². The number of nitriles is 1. The Bertz CT molecular complexity index is 1810. The number of carbonyl (C=O) groups is 1. The Kier molecular flexibility index (Phi) is 8.43. The Balaban J connectivity index is 1.30. The summed E-state index contributed by atoms with van der Waals surface area (Å²) in [5.74, 6) is 1.25. The fourth-order valence-electron chi connectivity index (χ4n) is 6.32. The highest BCUT2D eigenvalue weighted by molar-refractivity contribution is 5.97. The van der Waals surface area contributed by atoms with Gasteiger partial charge in [-0.25, -0.2) is 9.78 Å². The molecule has 0 spiro atoms. The maximum atomic E-state index is 14.2. The van der Waals surface area contributed by atoms with E-state index in [1.165, 1.54) is 0 Å². The van der Waals surface area contributed by atoms with Crippen LogP contribution in [-0.2, 0) is 9.53 Å². The molecular weight excluding hydrogens is 570 g/mol. The van der Waals surface area contributed by atoms with Crippen molar-refractivity contribution in [2.45, 2.75) is 38.3 Å². The van der Waals surface area contributed by atoms with Crippen molar-refractivity contribution in [1.29, 1.82) is 5.26 Å². The van der Waals surface area contributed by atoms with E-state index >= 15 is 0 Å². The molecule has 1 amide bonds. The number of para-hydroxylation sites is 1. The number of hydrogen-bond acceptors (Lipinski definition) is 8. The number of ether oxygens (including phenoxy) is 2. The minimum atomic E-state index is -0.490. The van der Waals surface area contributed by atoms with Crippen molar-refractivity contribution in [2.75, 3.05) is 45.1 Å².